The standard InChI is InChI=1S/C19H13F2NO/c20-16-7-3-6-13(18(16)21)15-10-17(23)22-19-12-5-2-1-4-11(12)8-9-14(15)19/h1-9,15H,10H2,(H,22,23)/t15-/m0/s1. The lowest BCUT2D eigenvalue weighted by molar-refractivity contribution is -0.116. The zero-order chi connectivity index (χ0) is 16.0. The molecule has 1 heterocycles. The van der Waals surface area contributed by atoms with E-state index in [4.69, 9.17) is 0 Å². The van der Waals surface area contributed by atoms with Crippen LogP contribution in [0.2, 0.25) is 0 Å². The molecular weight excluding hydrogens is 296 g/mol. The topological polar surface area (TPSA) is 29.1 Å². The van der Waals surface area contributed by atoms with Crippen molar-refractivity contribution in [3.63, 3.8) is 0 Å². The Hall–Kier alpha value is -2.75. The highest BCUT2D eigenvalue weighted by molar-refractivity contribution is 6.06. The van der Waals surface area contributed by atoms with Gasteiger partial charge in [0.1, 0.15) is 0 Å². The van der Waals surface area contributed by atoms with Crippen LogP contribution < -0.4 is 5.32 Å². The number of rotatable bonds is 1. The predicted molar refractivity (Wildman–Crippen MR) is 85.4 cm³/mol. The zero-order valence-corrected chi connectivity index (χ0v) is 12.1. The lowest BCUT2D eigenvalue weighted by atomic mass is 9.83. The molecule has 3 aromatic carbocycles. The second-order valence-corrected chi connectivity index (χ2v) is 5.70. The van der Waals surface area contributed by atoms with Gasteiger partial charge >= 0.3 is 0 Å². The van der Waals surface area contributed by atoms with E-state index in [9.17, 15) is 13.6 Å². The first kappa shape index (κ1) is 13.9. The molecule has 0 radical (unpaired) electrons. The molecule has 0 saturated heterocycles. The third kappa shape index (κ3) is 2.18. The van der Waals surface area contributed by atoms with E-state index in [1.165, 1.54) is 6.07 Å². The number of hydrogen-bond acceptors (Lipinski definition) is 1. The summed E-state index contributed by atoms with van der Waals surface area (Å²) in [6, 6.07) is 15.6. The maximum atomic E-state index is 14.2. The van der Waals surface area contributed by atoms with E-state index in [1.807, 2.05) is 36.4 Å². The molecule has 4 heteroatoms. The van der Waals surface area contributed by atoms with Crippen molar-refractivity contribution in [2.45, 2.75) is 12.3 Å². The molecule has 1 atom stereocenters. The lowest BCUT2D eigenvalue weighted by Gasteiger charge is -2.27. The SMILES string of the molecule is O=C1C[C@@H](c2cccc(F)c2F)c2ccc3ccccc3c2N1. The molecule has 1 aliphatic rings. The third-order valence-corrected chi connectivity index (χ3v) is 4.35. The lowest BCUT2D eigenvalue weighted by Crippen LogP contribution is -2.24. The largest absolute Gasteiger partial charge is 0.325 e. The van der Waals surface area contributed by atoms with Crippen LogP contribution in [0, 0.1) is 11.6 Å². The van der Waals surface area contributed by atoms with Crippen LogP contribution in [-0.4, -0.2) is 5.91 Å². The van der Waals surface area contributed by atoms with Crippen molar-refractivity contribution in [1.82, 2.24) is 0 Å². The highest BCUT2D eigenvalue weighted by atomic mass is 19.2. The van der Waals surface area contributed by atoms with Gasteiger partial charge in [0.25, 0.3) is 0 Å². The molecule has 0 saturated carbocycles. The molecule has 114 valence electrons. The summed E-state index contributed by atoms with van der Waals surface area (Å²) in [5.41, 5.74) is 1.72. The van der Waals surface area contributed by atoms with Crippen molar-refractivity contribution in [3.8, 4) is 0 Å². The van der Waals surface area contributed by atoms with Crippen LogP contribution in [0.4, 0.5) is 14.5 Å². The molecule has 0 fully saturated rings. The first-order valence-electron chi connectivity index (χ1n) is 7.40. The van der Waals surface area contributed by atoms with Crippen LogP contribution in [0.15, 0.2) is 54.6 Å². The van der Waals surface area contributed by atoms with E-state index in [0.29, 0.717) is 5.69 Å². The number of benzene rings is 3. The molecule has 23 heavy (non-hydrogen) atoms. The highest BCUT2D eigenvalue weighted by Crippen LogP contribution is 2.41. The summed E-state index contributed by atoms with van der Waals surface area (Å²) in [7, 11) is 0. The molecule has 0 aliphatic carbocycles. The van der Waals surface area contributed by atoms with Crippen molar-refractivity contribution < 1.29 is 13.6 Å². The fraction of sp³-hybridized carbons (Fsp3) is 0.105. The van der Waals surface area contributed by atoms with Crippen molar-refractivity contribution in [1.29, 1.82) is 0 Å². The van der Waals surface area contributed by atoms with Gasteiger partial charge < -0.3 is 5.32 Å². The number of anilines is 1. The number of carbonyl (C=O) groups is 1. The van der Waals surface area contributed by atoms with Crippen LogP contribution in [0.3, 0.4) is 0 Å². The van der Waals surface area contributed by atoms with E-state index in [2.05, 4.69) is 5.32 Å². The summed E-state index contributed by atoms with van der Waals surface area (Å²) in [6.45, 7) is 0. The molecule has 0 aromatic heterocycles. The van der Waals surface area contributed by atoms with Crippen LogP contribution in [0.5, 0.6) is 0 Å². The number of amides is 1. The summed E-state index contributed by atoms with van der Waals surface area (Å²) < 4.78 is 27.8. The van der Waals surface area contributed by atoms with Crippen LogP contribution in [-0.2, 0) is 4.79 Å². The number of nitrogens with one attached hydrogen (secondary N) is 1. The fourth-order valence-corrected chi connectivity index (χ4v) is 3.27. The van der Waals surface area contributed by atoms with Gasteiger partial charge in [-0.2, -0.15) is 0 Å². The van der Waals surface area contributed by atoms with E-state index >= 15 is 0 Å². The Kier molecular flexibility index (Phi) is 3.11. The van der Waals surface area contributed by atoms with E-state index in [1.54, 1.807) is 6.07 Å². The van der Waals surface area contributed by atoms with Gasteiger partial charge in [-0.3, -0.25) is 4.79 Å². The minimum absolute atomic E-state index is 0.103. The maximum Gasteiger partial charge on any atom is 0.225 e. The molecule has 0 unspecified atom stereocenters. The maximum absolute atomic E-state index is 14.2. The fourth-order valence-electron chi connectivity index (χ4n) is 3.27. The summed E-state index contributed by atoms with van der Waals surface area (Å²) in [6.07, 6.45) is 0.103. The Morgan fingerprint density at radius 3 is 2.61 bits per heavy atom. The molecule has 1 amide bonds. The smallest absolute Gasteiger partial charge is 0.225 e. The van der Waals surface area contributed by atoms with Crippen LogP contribution in [0.1, 0.15) is 23.5 Å². The first-order valence-corrected chi connectivity index (χ1v) is 7.40. The van der Waals surface area contributed by atoms with Gasteiger partial charge in [0, 0.05) is 17.7 Å². The van der Waals surface area contributed by atoms with Gasteiger partial charge in [-0.25, -0.2) is 8.78 Å². The summed E-state index contributed by atoms with van der Waals surface area (Å²) in [5.74, 6) is -2.45. The quantitative estimate of drug-likeness (QED) is 0.700. The van der Waals surface area contributed by atoms with E-state index < -0.39 is 17.6 Å². The monoisotopic (exact) mass is 309 g/mol. The van der Waals surface area contributed by atoms with Gasteiger partial charge in [0.05, 0.1) is 5.69 Å². The molecule has 1 N–H and O–H groups in total. The Bertz CT molecular complexity index is 936. The number of hydrogen-bond donors (Lipinski definition) is 1. The molecule has 2 nitrogen and oxygen atoms in total. The van der Waals surface area contributed by atoms with E-state index in [-0.39, 0.29) is 17.9 Å². The van der Waals surface area contributed by atoms with Gasteiger partial charge in [-0.1, -0.05) is 48.5 Å². The van der Waals surface area contributed by atoms with Gasteiger partial charge in [0.2, 0.25) is 5.91 Å². The summed E-state index contributed by atoms with van der Waals surface area (Å²) >= 11 is 0. The Labute approximate surface area is 131 Å². The molecular formula is C19H13F2NO. The Morgan fingerprint density at radius 1 is 0.913 bits per heavy atom. The van der Waals surface area contributed by atoms with Crippen molar-refractivity contribution in [2.24, 2.45) is 0 Å². The first-order chi connectivity index (χ1) is 11.1. The normalized spacial score (nSPS) is 17.0. The molecule has 1 aliphatic heterocycles. The van der Waals surface area contributed by atoms with Gasteiger partial charge in [0.15, 0.2) is 11.6 Å². The predicted octanol–water partition coefficient (Wildman–Crippen LogP) is 4.59. The Balaban J connectivity index is 1.97. The zero-order valence-electron chi connectivity index (χ0n) is 12.1. The average molecular weight is 309 g/mol. The third-order valence-electron chi connectivity index (χ3n) is 4.35. The van der Waals surface area contributed by atoms with Crippen molar-refractivity contribution >= 4 is 22.4 Å². The minimum Gasteiger partial charge on any atom is -0.325 e. The number of carbonyl (C=O) groups excluding carboxylic acids is 1. The average Bonchev–Trinajstić information content (AvgIpc) is 2.56. The highest BCUT2D eigenvalue weighted by Gasteiger charge is 2.30. The van der Waals surface area contributed by atoms with Crippen molar-refractivity contribution in [3.05, 3.63) is 77.4 Å². The molecule has 3 aromatic rings. The second kappa shape index (κ2) is 5.16. The Morgan fingerprint density at radius 2 is 1.74 bits per heavy atom. The summed E-state index contributed by atoms with van der Waals surface area (Å²) in [5, 5.41) is 4.78. The molecule has 0 bridgehead atoms. The summed E-state index contributed by atoms with van der Waals surface area (Å²) in [4.78, 5) is 12.1. The number of fused-ring (bicyclic) bond motifs is 3. The van der Waals surface area contributed by atoms with Crippen LogP contribution in [0.25, 0.3) is 10.8 Å². The van der Waals surface area contributed by atoms with E-state index in [0.717, 1.165) is 22.4 Å². The molecule has 4 rings (SSSR count). The minimum atomic E-state index is -0.893. The van der Waals surface area contributed by atoms with Crippen molar-refractivity contribution in [2.75, 3.05) is 5.32 Å². The van der Waals surface area contributed by atoms with Gasteiger partial charge in [-0.05, 0) is 22.6 Å². The van der Waals surface area contributed by atoms with Crippen LogP contribution >= 0.6 is 0 Å². The molecule has 0 spiro atoms. The second-order valence-electron chi connectivity index (χ2n) is 5.70. The number of halogens is 2. The van der Waals surface area contributed by atoms with Gasteiger partial charge in [-0.15, -0.1) is 0 Å².